The second-order valence-electron chi connectivity index (χ2n) is 4.04. The first-order valence-corrected chi connectivity index (χ1v) is 6.06. The monoisotopic (exact) mass is 275 g/mol. The molecule has 104 valence electrons. The van der Waals surface area contributed by atoms with Crippen LogP contribution in [0.4, 0.5) is 4.39 Å². The summed E-state index contributed by atoms with van der Waals surface area (Å²) in [5.74, 6) is 0.427. The zero-order chi connectivity index (χ0) is 14.4. The number of carbonyl (C=O) groups is 1. The van der Waals surface area contributed by atoms with Crippen LogP contribution >= 0.6 is 0 Å². The minimum Gasteiger partial charge on any atom is -0.490 e. The Kier molecular flexibility index (Phi) is 4.55. The molecule has 2 aromatic carbocycles. The zero-order valence-electron chi connectivity index (χ0n) is 10.7. The molecule has 5 heteroatoms. The molecule has 0 aliphatic carbocycles. The lowest BCUT2D eigenvalue weighted by atomic mass is 10.2. The molecule has 0 aliphatic heterocycles. The lowest BCUT2D eigenvalue weighted by Gasteiger charge is -2.08. The molecule has 4 nitrogen and oxygen atoms in total. The van der Waals surface area contributed by atoms with Gasteiger partial charge in [0.05, 0.1) is 0 Å². The van der Waals surface area contributed by atoms with Crippen LogP contribution in [-0.4, -0.2) is 19.1 Å². The molecule has 0 unspecified atom stereocenters. The van der Waals surface area contributed by atoms with Gasteiger partial charge in [-0.15, -0.1) is 0 Å². The van der Waals surface area contributed by atoms with E-state index in [4.69, 9.17) is 15.2 Å². The summed E-state index contributed by atoms with van der Waals surface area (Å²) >= 11 is 0. The highest BCUT2D eigenvalue weighted by Gasteiger charge is 2.00. The molecule has 0 fully saturated rings. The molecule has 0 atom stereocenters. The summed E-state index contributed by atoms with van der Waals surface area (Å²) in [6, 6.07) is 12.3. The van der Waals surface area contributed by atoms with Gasteiger partial charge in [-0.05, 0) is 48.5 Å². The average molecular weight is 275 g/mol. The van der Waals surface area contributed by atoms with Crippen LogP contribution in [0.15, 0.2) is 48.5 Å². The average Bonchev–Trinajstić information content (AvgIpc) is 2.46. The van der Waals surface area contributed by atoms with Crippen molar-refractivity contribution in [3.8, 4) is 11.5 Å². The first-order valence-electron chi connectivity index (χ1n) is 6.06. The van der Waals surface area contributed by atoms with E-state index in [2.05, 4.69) is 0 Å². The van der Waals surface area contributed by atoms with Gasteiger partial charge in [0.15, 0.2) is 0 Å². The lowest BCUT2D eigenvalue weighted by Crippen LogP contribution is -2.11. The van der Waals surface area contributed by atoms with Gasteiger partial charge >= 0.3 is 0 Å². The second kappa shape index (κ2) is 6.56. The molecule has 0 spiro atoms. The van der Waals surface area contributed by atoms with Gasteiger partial charge in [-0.1, -0.05) is 0 Å². The Hall–Kier alpha value is -2.56. The maximum absolute atomic E-state index is 12.7. The Balaban J connectivity index is 1.75. The van der Waals surface area contributed by atoms with Crippen LogP contribution in [-0.2, 0) is 0 Å². The standard InChI is InChI=1S/C15H14FNO3/c16-12-3-7-14(8-4-12)20-10-9-19-13-5-1-11(2-6-13)15(17)18/h1-8H,9-10H2,(H2,17,18). The van der Waals surface area contributed by atoms with Gasteiger partial charge in [0.1, 0.15) is 30.5 Å². The van der Waals surface area contributed by atoms with Gasteiger partial charge < -0.3 is 15.2 Å². The Bertz CT molecular complexity index is 567. The maximum Gasteiger partial charge on any atom is 0.248 e. The predicted octanol–water partition coefficient (Wildman–Crippen LogP) is 2.38. The normalized spacial score (nSPS) is 10.1. The molecule has 0 saturated carbocycles. The van der Waals surface area contributed by atoms with Gasteiger partial charge in [0.25, 0.3) is 0 Å². The fourth-order valence-corrected chi connectivity index (χ4v) is 1.57. The zero-order valence-corrected chi connectivity index (χ0v) is 10.7. The SMILES string of the molecule is NC(=O)c1ccc(OCCOc2ccc(F)cc2)cc1. The van der Waals surface area contributed by atoms with Crippen molar-refractivity contribution in [3.63, 3.8) is 0 Å². The summed E-state index contributed by atoms with van der Waals surface area (Å²) in [6.07, 6.45) is 0. The summed E-state index contributed by atoms with van der Waals surface area (Å²) in [7, 11) is 0. The third-order valence-electron chi connectivity index (χ3n) is 2.57. The van der Waals surface area contributed by atoms with Gasteiger partial charge in [-0.2, -0.15) is 0 Å². The van der Waals surface area contributed by atoms with E-state index in [0.29, 0.717) is 30.3 Å². The number of primary amides is 1. The molecular formula is C15H14FNO3. The van der Waals surface area contributed by atoms with Crippen LogP contribution in [0.1, 0.15) is 10.4 Å². The van der Waals surface area contributed by atoms with Crippen LogP contribution in [0.2, 0.25) is 0 Å². The van der Waals surface area contributed by atoms with E-state index in [1.54, 1.807) is 36.4 Å². The number of amides is 1. The Morgan fingerprint density at radius 3 is 1.80 bits per heavy atom. The topological polar surface area (TPSA) is 61.6 Å². The largest absolute Gasteiger partial charge is 0.490 e. The van der Waals surface area contributed by atoms with Gasteiger partial charge in [0.2, 0.25) is 5.91 Å². The minimum atomic E-state index is -0.476. The number of halogens is 1. The molecule has 2 N–H and O–H groups in total. The summed E-state index contributed by atoms with van der Waals surface area (Å²) in [6.45, 7) is 0.677. The van der Waals surface area contributed by atoms with Crippen molar-refractivity contribution in [3.05, 3.63) is 59.9 Å². The number of hydrogen-bond donors (Lipinski definition) is 1. The number of hydrogen-bond acceptors (Lipinski definition) is 3. The van der Waals surface area contributed by atoms with E-state index in [1.807, 2.05) is 0 Å². The third kappa shape index (κ3) is 3.98. The van der Waals surface area contributed by atoms with Crippen LogP contribution < -0.4 is 15.2 Å². The van der Waals surface area contributed by atoms with Gasteiger partial charge in [-0.3, -0.25) is 4.79 Å². The summed E-state index contributed by atoms with van der Waals surface area (Å²) < 4.78 is 23.5. The summed E-state index contributed by atoms with van der Waals surface area (Å²) in [5.41, 5.74) is 5.56. The minimum absolute atomic E-state index is 0.303. The van der Waals surface area contributed by atoms with Crippen LogP contribution in [0.25, 0.3) is 0 Å². The van der Waals surface area contributed by atoms with Crippen molar-refractivity contribution in [2.24, 2.45) is 5.73 Å². The van der Waals surface area contributed by atoms with E-state index >= 15 is 0 Å². The molecule has 1 amide bonds. The molecule has 2 rings (SSSR count). The lowest BCUT2D eigenvalue weighted by molar-refractivity contribution is 0.1000. The molecule has 0 heterocycles. The van der Waals surface area contributed by atoms with Crippen LogP contribution in [0, 0.1) is 5.82 Å². The Labute approximate surface area is 115 Å². The van der Waals surface area contributed by atoms with Crippen LogP contribution in [0.3, 0.4) is 0 Å². The number of rotatable bonds is 6. The van der Waals surface area contributed by atoms with E-state index in [9.17, 15) is 9.18 Å². The summed E-state index contributed by atoms with van der Waals surface area (Å²) in [4.78, 5) is 10.9. The van der Waals surface area contributed by atoms with E-state index in [-0.39, 0.29) is 5.82 Å². The van der Waals surface area contributed by atoms with Crippen molar-refractivity contribution < 1.29 is 18.7 Å². The molecule has 2 aromatic rings. The number of carbonyl (C=O) groups excluding carboxylic acids is 1. The first kappa shape index (κ1) is 13.9. The van der Waals surface area contributed by atoms with E-state index in [0.717, 1.165) is 0 Å². The predicted molar refractivity (Wildman–Crippen MR) is 72.3 cm³/mol. The smallest absolute Gasteiger partial charge is 0.248 e. The molecule has 0 aromatic heterocycles. The third-order valence-corrected chi connectivity index (χ3v) is 2.57. The highest BCUT2D eigenvalue weighted by molar-refractivity contribution is 5.92. The van der Waals surface area contributed by atoms with Gasteiger partial charge in [-0.25, -0.2) is 4.39 Å². The molecule has 0 aliphatic rings. The molecule has 0 bridgehead atoms. The highest BCUT2D eigenvalue weighted by atomic mass is 19.1. The number of benzene rings is 2. The Morgan fingerprint density at radius 1 is 0.900 bits per heavy atom. The second-order valence-corrected chi connectivity index (χ2v) is 4.04. The van der Waals surface area contributed by atoms with Crippen molar-refractivity contribution in [1.29, 1.82) is 0 Å². The number of nitrogens with two attached hydrogens (primary N) is 1. The van der Waals surface area contributed by atoms with E-state index < -0.39 is 5.91 Å². The van der Waals surface area contributed by atoms with Crippen molar-refractivity contribution in [2.45, 2.75) is 0 Å². The number of ether oxygens (including phenoxy) is 2. The summed E-state index contributed by atoms with van der Waals surface area (Å²) in [5, 5.41) is 0. The molecule has 0 saturated heterocycles. The maximum atomic E-state index is 12.7. The van der Waals surface area contributed by atoms with Crippen molar-refractivity contribution in [1.82, 2.24) is 0 Å². The molecule has 20 heavy (non-hydrogen) atoms. The molecular weight excluding hydrogens is 261 g/mol. The van der Waals surface area contributed by atoms with E-state index in [1.165, 1.54) is 12.1 Å². The van der Waals surface area contributed by atoms with Gasteiger partial charge in [0, 0.05) is 5.56 Å². The highest BCUT2D eigenvalue weighted by Crippen LogP contribution is 2.13. The Morgan fingerprint density at radius 2 is 1.35 bits per heavy atom. The molecule has 0 radical (unpaired) electrons. The van der Waals surface area contributed by atoms with Crippen molar-refractivity contribution >= 4 is 5.91 Å². The first-order chi connectivity index (χ1) is 9.65. The van der Waals surface area contributed by atoms with Crippen molar-refractivity contribution in [2.75, 3.05) is 13.2 Å². The fraction of sp³-hybridized carbons (Fsp3) is 0.133. The fourth-order valence-electron chi connectivity index (χ4n) is 1.57. The van der Waals surface area contributed by atoms with Crippen LogP contribution in [0.5, 0.6) is 11.5 Å². The quantitative estimate of drug-likeness (QED) is 0.823.